The highest BCUT2D eigenvalue weighted by molar-refractivity contribution is 7.98. The van der Waals surface area contributed by atoms with Gasteiger partial charge >= 0.3 is 0 Å². The summed E-state index contributed by atoms with van der Waals surface area (Å²) in [6.45, 7) is 6.74. The van der Waals surface area contributed by atoms with Crippen LogP contribution in [-0.4, -0.2) is 9.97 Å². The van der Waals surface area contributed by atoms with Crippen molar-refractivity contribution in [3.63, 3.8) is 0 Å². The van der Waals surface area contributed by atoms with Gasteiger partial charge in [-0.25, -0.2) is 4.98 Å². The van der Waals surface area contributed by atoms with Crippen LogP contribution in [0.3, 0.4) is 0 Å². The molecule has 1 heterocycles. The first kappa shape index (κ1) is 19.5. The van der Waals surface area contributed by atoms with Crippen molar-refractivity contribution in [3.05, 3.63) is 96.1 Å². The number of hydrogen-bond donors (Lipinski definition) is 1. The lowest BCUT2D eigenvalue weighted by Crippen LogP contribution is -2.10. The lowest BCUT2D eigenvalue weighted by molar-refractivity contribution is 0.590. The molecule has 0 atom stereocenters. The number of imidazole rings is 1. The molecule has 0 bridgehead atoms. The Hall–Kier alpha value is -2.78. The van der Waals surface area contributed by atoms with E-state index in [2.05, 4.69) is 98.6 Å². The summed E-state index contributed by atoms with van der Waals surface area (Å²) in [5.41, 5.74) is 7.21. The Bertz CT molecular complexity index is 1000. The smallest absolute Gasteiger partial charge is 0.166 e. The fourth-order valence-electron chi connectivity index (χ4n) is 3.29. The second-order valence-electron chi connectivity index (χ2n) is 8.23. The monoisotopic (exact) mass is 398 g/mol. The molecule has 0 saturated carbocycles. The maximum absolute atomic E-state index is 4.94. The summed E-state index contributed by atoms with van der Waals surface area (Å²) < 4.78 is 0. The first-order valence-corrected chi connectivity index (χ1v) is 10.9. The molecule has 0 spiro atoms. The first-order chi connectivity index (χ1) is 14.0. The van der Waals surface area contributed by atoms with E-state index in [1.54, 1.807) is 11.8 Å². The molecule has 0 saturated heterocycles. The Labute approximate surface area is 177 Å². The Morgan fingerprint density at radius 1 is 0.759 bits per heavy atom. The van der Waals surface area contributed by atoms with Gasteiger partial charge in [-0.1, -0.05) is 117 Å². The largest absolute Gasteiger partial charge is 0.332 e. The molecule has 146 valence electrons. The van der Waals surface area contributed by atoms with Crippen molar-refractivity contribution in [1.29, 1.82) is 0 Å². The van der Waals surface area contributed by atoms with Crippen molar-refractivity contribution in [2.75, 3.05) is 0 Å². The van der Waals surface area contributed by atoms with E-state index >= 15 is 0 Å². The van der Waals surface area contributed by atoms with Crippen LogP contribution in [0.5, 0.6) is 0 Å². The van der Waals surface area contributed by atoms with E-state index in [-0.39, 0.29) is 5.41 Å². The average Bonchev–Trinajstić information content (AvgIpc) is 3.18. The minimum Gasteiger partial charge on any atom is -0.332 e. The van der Waals surface area contributed by atoms with Crippen LogP contribution in [0.2, 0.25) is 0 Å². The highest BCUT2D eigenvalue weighted by atomic mass is 32.2. The second-order valence-corrected chi connectivity index (χ2v) is 9.20. The van der Waals surface area contributed by atoms with Gasteiger partial charge in [0, 0.05) is 16.9 Å². The number of benzene rings is 3. The Morgan fingerprint density at radius 3 is 1.93 bits per heavy atom. The fraction of sp³-hybridized carbons (Fsp3) is 0.192. The van der Waals surface area contributed by atoms with Gasteiger partial charge in [-0.3, -0.25) is 0 Å². The maximum Gasteiger partial charge on any atom is 0.166 e. The van der Waals surface area contributed by atoms with E-state index in [1.807, 2.05) is 12.1 Å². The number of H-pyrrole nitrogens is 1. The molecule has 0 radical (unpaired) electrons. The SMILES string of the molecule is CC(C)(C)c1ccc(CSc2nc(-c3ccccc3)c(-c3ccccc3)[nH]2)cc1. The molecule has 3 aromatic carbocycles. The molecule has 4 aromatic rings. The van der Waals surface area contributed by atoms with E-state index in [0.29, 0.717) is 0 Å². The van der Waals surface area contributed by atoms with Gasteiger partial charge < -0.3 is 4.98 Å². The zero-order valence-corrected chi connectivity index (χ0v) is 18.0. The molecular weight excluding hydrogens is 372 g/mol. The molecule has 3 heteroatoms. The number of nitrogens with zero attached hydrogens (tertiary/aromatic N) is 1. The normalized spacial score (nSPS) is 11.6. The lowest BCUT2D eigenvalue weighted by Gasteiger charge is -2.19. The summed E-state index contributed by atoms with van der Waals surface area (Å²) in [6, 6.07) is 29.7. The van der Waals surface area contributed by atoms with Crippen molar-refractivity contribution in [3.8, 4) is 22.5 Å². The first-order valence-electron chi connectivity index (χ1n) is 9.94. The van der Waals surface area contributed by atoms with E-state index in [1.165, 1.54) is 11.1 Å². The number of nitrogens with one attached hydrogen (secondary N) is 1. The average molecular weight is 399 g/mol. The van der Waals surface area contributed by atoms with Crippen molar-refractivity contribution in [1.82, 2.24) is 9.97 Å². The molecule has 0 amide bonds. The fourth-order valence-corrected chi connectivity index (χ4v) is 4.12. The molecule has 0 unspecified atom stereocenters. The molecule has 1 aromatic heterocycles. The van der Waals surface area contributed by atoms with Crippen LogP contribution in [0.4, 0.5) is 0 Å². The Balaban J connectivity index is 1.59. The van der Waals surface area contributed by atoms with Crippen molar-refractivity contribution in [2.24, 2.45) is 0 Å². The van der Waals surface area contributed by atoms with Gasteiger partial charge in [0.05, 0.1) is 11.4 Å². The van der Waals surface area contributed by atoms with Crippen LogP contribution < -0.4 is 0 Å². The van der Waals surface area contributed by atoms with E-state index in [0.717, 1.165) is 33.4 Å². The lowest BCUT2D eigenvalue weighted by atomic mass is 9.87. The maximum atomic E-state index is 4.94. The highest BCUT2D eigenvalue weighted by Gasteiger charge is 2.15. The number of rotatable bonds is 5. The number of aromatic amines is 1. The van der Waals surface area contributed by atoms with Gasteiger partial charge in [0.1, 0.15) is 0 Å². The zero-order chi connectivity index (χ0) is 20.3. The van der Waals surface area contributed by atoms with Crippen molar-refractivity contribution < 1.29 is 0 Å². The molecule has 29 heavy (non-hydrogen) atoms. The summed E-state index contributed by atoms with van der Waals surface area (Å²) in [5.74, 6) is 0.889. The van der Waals surface area contributed by atoms with Crippen LogP contribution >= 0.6 is 11.8 Å². The Kier molecular flexibility index (Phi) is 5.59. The van der Waals surface area contributed by atoms with Crippen molar-refractivity contribution >= 4 is 11.8 Å². The van der Waals surface area contributed by atoms with Gasteiger partial charge in [0.15, 0.2) is 5.16 Å². The highest BCUT2D eigenvalue weighted by Crippen LogP contribution is 2.33. The molecule has 2 nitrogen and oxygen atoms in total. The van der Waals surface area contributed by atoms with E-state index in [4.69, 9.17) is 4.98 Å². The third-order valence-electron chi connectivity index (χ3n) is 4.99. The predicted molar refractivity (Wildman–Crippen MR) is 124 cm³/mol. The Morgan fingerprint density at radius 2 is 1.34 bits per heavy atom. The zero-order valence-electron chi connectivity index (χ0n) is 17.1. The number of aromatic nitrogens is 2. The number of hydrogen-bond acceptors (Lipinski definition) is 2. The summed E-state index contributed by atoms with van der Waals surface area (Å²) in [7, 11) is 0. The van der Waals surface area contributed by atoms with Crippen LogP contribution in [0.1, 0.15) is 31.9 Å². The van der Waals surface area contributed by atoms with E-state index in [9.17, 15) is 0 Å². The minimum atomic E-state index is 0.182. The van der Waals surface area contributed by atoms with Crippen LogP contribution in [0.25, 0.3) is 22.5 Å². The quantitative estimate of drug-likeness (QED) is 0.356. The predicted octanol–water partition coefficient (Wildman–Crippen LogP) is 7.33. The molecule has 1 N–H and O–H groups in total. The van der Waals surface area contributed by atoms with Crippen LogP contribution in [-0.2, 0) is 11.2 Å². The van der Waals surface area contributed by atoms with Gasteiger partial charge in [-0.15, -0.1) is 0 Å². The molecule has 4 rings (SSSR count). The van der Waals surface area contributed by atoms with E-state index < -0.39 is 0 Å². The van der Waals surface area contributed by atoms with Gasteiger partial charge in [-0.05, 0) is 16.5 Å². The van der Waals surface area contributed by atoms with Gasteiger partial charge in [-0.2, -0.15) is 0 Å². The minimum absolute atomic E-state index is 0.182. The van der Waals surface area contributed by atoms with Gasteiger partial charge in [0.25, 0.3) is 0 Å². The standard InChI is InChI=1S/C26H26N2S/c1-26(2,3)22-16-14-19(15-17-22)18-29-25-27-23(20-10-6-4-7-11-20)24(28-25)21-12-8-5-9-13-21/h4-17H,18H2,1-3H3,(H,27,28). The summed E-state index contributed by atoms with van der Waals surface area (Å²) >= 11 is 1.74. The van der Waals surface area contributed by atoms with Crippen LogP contribution in [0, 0.1) is 0 Å². The third-order valence-corrected chi connectivity index (χ3v) is 5.93. The second kappa shape index (κ2) is 8.30. The number of thioether (sulfide) groups is 1. The third kappa shape index (κ3) is 4.63. The molecule has 0 aliphatic carbocycles. The molecule has 0 aliphatic heterocycles. The molecule has 0 fully saturated rings. The summed E-state index contributed by atoms with van der Waals surface area (Å²) in [5, 5.41) is 0.947. The molecule has 0 aliphatic rings. The summed E-state index contributed by atoms with van der Waals surface area (Å²) in [4.78, 5) is 8.49. The van der Waals surface area contributed by atoms with Gasteiger partial charge in [0.2, 0.25) is 0 Å². The molecular formula is C26H26N2S. The van der Waals surface area contributed by atoms with Crippen molar-refractivity contribution in [2.45, 2.75) is 37.1 Å². The van der Waals surface area contributed by atoms with Crippen LogP contribution in [0.15, 0.2) is 90.1 Å². The summed E-state index contributed by atoms with van der Waals surface area (Å²) in [6.07, 6.45) is 0. The topological polar surface area (TPSA) is 28.7 Å².